The SMILES string of the molecule is COc1cccc(OCCCNC(=O)[C@@H](N)CC([NH-])=O)c1-c1cc(Nc2cnc(C#N)cn2)n[nH]1.CSC.[Pd]. The summed E-state index contributed by atoms with van der Waals surface area (Å²) in [4.78, 5) is 30.7. The number of nitriles is 1. The molecule has 6 N–H and O–H groups in total. The maximum absolute atomic E-state index is 11.8. The van der Waals surface area contributed by atoms with E-state index in [1.54, 1.807) is 43.1 Å². The van der Waals surface area contributed by atoms with E-state index >= 15 is 0 Å². The minimum atomic E-state index is -1.04. The molecule has 2 heterocycles. The quantitative estimate of drug-likeness (QED) is 0.166. The van der Waals surface area contributed by atoms with Gasteiger partial charge >= 0.3 is 0 Å². The third-order valence-electron chi connectivity index (χ3n) is 4.70. The Bertz CT molecular complexity index is 1240. The normalized spacial score (nSPS) is 10.5. The molecule has 1 aromatic carbocycles. The van der Waals surface area contributed by atoms with E-state index in [9.17, 15) is 9.59 Å². The Hall–Kier alpha value is -3.69. The number of carbonyl (C=O) groups excluding carboxylic acids is 2. The smallest absolute Gasteiger partial charge is 0.237 e. The van der Waals surface area contributed by atoms with Crippen molar-refractivity contribution in [3.63, 3.8) is 0 Å². The van der Waals surface area contributed by atoms with Crippen LogP contribution in [0.15, 0.2) is 36.7 Å². The van der Waals surface area contributed by atoms with Gasteiger partial charge in [-0.1, -0.05) is 6.07 Å². The van der Waals surface area contributed by atoms with E-state index in [0.717, 1.165) is 0 Å². The summed E-state index contributed by atoms with van der Waals surface area (Å²) in [6, 6.07) is 7.98. The molecule has 212 valence electrons. The van der Waals surface area contributed by atoms with Crippen LogP contribution in [0.2, 0.25) is 0 Å². The van der Waals surface area contributed by atoms with Crippen molar-refractivity contribution in [2.24, 2.45) is 5.73 Å². The molecule has 3 aromatic rings. The second kappa shape index (κ2) is 17.8. The number of carbonyl (C=O) groups is 2. The van der Waals surface area contributed by atoms with Crippen molar-refractivity contribution in [1.29, 1.82) is 5.26 Å². The van der Waals surface area contributed by atoms with Crippen LogP contribution in [0.3, 0.4) is 0 Å². The Morgan fingerprint density at radius 3 is 2.56 bits per heavy atom. The van der Waals surface area contributed by atoms with Crippen LogP contribution < -0.4 is 25.8 Å². The van der Waals surface area contributed by atoms with Gasteiger partial charge in [-0.15, -0.1) is 0 Å². The third kappa shape index (κ3) is 10.9. The van der Waals surface area contributed by atoms with Crippen molar-refractivity contribution in [2.75, 3.05) is 38.1 Å². The number of rotatable bonds is 12. The van der Waals surface area contributed by atoms with E-state index in [1.165, 1.54) is 12.4 Å². The minimum Gasteiger partial charge on any atom is -0.668 e. The first-order valence-corrected chi connectivity index (χ1v) is 13.0. The van der Waals surface area contributed by atoms with Crippen LogP contribution in [0.1, 0.15) is 18.5 Å². The predicted octanol–water partition coefficient (Wildman–Crippen LogP) is 2.65. The summed E-state index contributed by atoms with van der Waals surface area (Å²) in [5, 5.41) is 21.6. The fraction of sp³-hybridized carbons (Fsp3) is 0.333. The van der Waals surface area contributed by atoms with Gasteiger partial charge in [0, 0.05) is 39.5 Å². The molecule has 39 heavy (non-hydrogen) atoms. The molecule has 0 spiro atoms. The molecule has 0 saturated heterocycles. The first kappa shape index (κ1) is 33.3. The monoisotopic (exact) mass is 646 g/mol. The van der Waals surface area contributed by atoms with Crippen LogP contribution in [-0.2, 0) is 30.0 Å². The maximum Gasteiger partial charge on any atom is 0.237 e. The average Bonchev–Trinajstić information content (AvgIpc) is 3.36. The number of thioether (sulfide) groups is 1. The number of aromatic nitrogens is 4. The molecule has 1 atom stereocenters. The van der Waals surface area contributed by atoms with Crippen molar-refractivity contribution in [1.82, 2.24) is 25.5 Å². The second-order valence-electron chi connectivity index (χ2n) is 7.66. The zero-order valence-electron chi connectivity index (χ0n) is 21.6. The summed E-state index contributed by atoms with van der Waals surface area (Å²) in [6.07, 6.45) is 7.03. The number of hydrogen-bond donors (Lipinski definition) is 4. The van der Waals surface area contributed by atoms with E-state index in [-0.39, 0.29) is 39.1 Å². The number of benzene rings is 1. The van der Waals surface area contributed by atoms with Crippen molar-refractivity contribution in [3.8, 4) is 28.8 Å². The first-order valence-electron chi connectivity index (χ1n) is 11.4. The Balaban J connectivity index is 0.00000181. The van der Waals surface area contributed by atoms with Gasteiger partial charge in [0.1, 0.15) is 23.4 Å². The molecule has 0 saturated carbocycles. The summed E-state index contributed by atoms with van der Waals surface area (Å²) < 4.78 is 11.4. The van der Waals surface area contributed by atoms with Gasteiger partial charge in [0.25, 0.3) is 0 Å². The second-order valence-corrected chi connectivity index (χ2v) is 8.48. The molecule has 0 aliphatic carbocycles. The summed E-state index contributed by atoms with van der Waals surface area (Å²) in [7, 11) is 1.55. The van der Waals surface area contributed by atoms with Gasteiger partial charge < -0.3 is 36.4 Å². The number of hydrogen-bond acceptors (Lipinski definition) is 11. The Morgan fingerprint density at radius 1 is 1.23 bits per heavy atom. The molecule has 0 aliphatic rings. The number of nitrogens with two attached hydrogens (primary N) is 1. The average molecular weight is 647 g/mol. The number of anilines is 2. The van der Waals surface area contributed by atoms with Gasteiger partial charge in [-0.3, -0.25) is 9.89 Å². The standard InChI is InChI=1S/C22H25N9O4.C2H6S.Pd/c1-34-16-4-2-5-17(35-7-3-6-26-22(33)14(24)8-18(25)32)21(16)15-9-19(31-30-15)29-20-12-27-13(10-23)11-28-20;1-3-2;/h2,4-5,9,11-12,14H,3,6-8,24H2,1H3,(H5,25,26,27,28,29,30,31,32,33);1-2H3;/p-1/t14-;;/m0../s1. The number of ether oxygens (including phenoxy) is 2. The number of aromatic amines is 1. The van der Waals surface area contributed by atoms with E-state index in [2.05, 4.69) is 30.8 Å². The van der Waals surface area contributed by atoms with Gasteiger partial charge in [-0.25, -0.2) is 9.97 Å². The van der Waals surface area contributed by atoms with Crippen LogP contribution in [0.25, 0.3) is 17.0 Å². The minimum absolute atomic E-state index is 0. The molecule has 2 amide bonds. The van der Waals surface area contributed by atoms with E-state index in [0.29, 0.717) is 47.4 Å². The van der Waals surface area contributed by atoms with Gasteiger partial charge in [-0.2, -0.15) is 22.1 Å². The molecule has 0 aliphatic heterocycles. The van der Waals surface area contributed by atoms with Crippen LogP contribution in [0.4, 0.5) is 11.6 Å². The molecular formula is C24H30N9O4PdS-. The number of H-pyrrole nitrogens is 1. The number of nitrogens with one attached hydrogen (secondary N) is 4. The molecule has 2 aromatic heterocycles. The van der Waals surface area contributed by atoms with E-state index < -0.39 is 17.9 Å². The van der Waals surface area contributed by atoms with Crippen molar-refractivity contribution in [2.45, 2.75) is 18.9 Å². The van der Waals surface area contributed by atoms with E-state index in [4.69, 9.17) is 26.2 Å². The predicted molar refractivity (Wildman–Crippen MR) is 145 cm³/mol. The summed E-state index contributed by atoms with van der Waals surface area (Å²) >= 11 is 1.75. The topological polar surface area (TPSA) is 205 Å². The number of methoxy groups -OCH3 is 1. The molecular weight excluding hydrogens is 617 g/mol. The zero-order valence-corrected chi connectivity index (χ0v) is 24.0. The fourth-order valence-corrected chi connectivity index (χ4v) is 3.05. The summed E-state index contributed by atoms with van der Waals surface area (Å²) in [5.41, 5.74) is 13.9. The summed E-state index contributed by atoms with van der Waals surface area (Å²) in [5.74, 6) is 0.630. The Morgan fingerprint density at radius 2 is 1.95 bits per heavy atom. The van der Waals surface area contributed by atoms with Crippen molar-refractivity contribution < 1.29 is 39.5 Å². The van der Waals surface area contributed by atoms with Crippen molar-refractivity contribution >= 4 is 35.2 Å². The summed E-state index contributed by atoms with van der Waals surface area (Å²) in [6.45, 7) is 0.578. The largest absolute Gasteiger partial charge is 0.668 e. The third-order valence-corrected chi connectivity index (χ3v) is 4.70. The molecule has 0 unspecified atom stereocenters. The molecule has 3 rings (SSSR count). The van der Waals surface area contributed by atoms with Crippen LogP contribution in [-0.4, -0.2) is 70.8 Å². The maximum atomic E-state index is 11.8. The van der Waals surface area contributed by atoms with Crippen LogP contribution >= 0.6 is 11.8 Å². The van der Waals surface area contributed by atoms with Gasteiger partial charge in [-0.05, 0) is 31.1 Å². The van der Waals surface area contributed by atoms with Gasteiger partial charge in [0.05, 0.1) is 49.3 Å². The van der Waals surface area contributed by atoms with Gasteiger partial charge in [0.2, 0.25) is 5.91 Å². The molecule has 0 fully saturated rings. The number of nitrogens with zero attached hydrogens (tertiary/aromatic N) is 4. The Kier molecular flexibility index (Phi) is 15.2. The van der Waals surface area contributed by atoms with Crippen LogP contribution in [0.5, 0.6) is 11.5 Å². The van der Waals surface area contributed by atoms with Gasteiger partial charge in [0.15, 0.2) is 11.5 Å². The van der Waals surface area contributed by atoms with E-state index in [1.807, 2.05) is 18.6 Å². The zero-order chi connectivity index (χ0) is 27.9. The molecule has 15 heteroatoms. The fourth-order valence-electron chi connectivity index (χ4n) is 3.05. The Labute approximate surface area is 244 Å². The molecule has 0 bridgehead atoms. The van der Waals surface area contributed by atoms with Crippen LogP contribution in [0, 0.1) is 11.3 Å². The van der Waals surface area contributed by atoms with Crippen molar-refractivity contribution in [3.05, 3.63) is 48.1 Å². The molecule has 0 radical (unpaired) electrons. The number of amides is 2. The first-order chi connectivity index (χ1) is 18.3. The molecule has 13 nitrogen and oxygen atoms in total.